The summed E-state index contributed by atoms with van der Waals surface area (Å²) in [5, 5.41) is 2.54. The molecule has 0 atom stereocenters. The van der Waals surface area contributed by atoms with Gasteiger partial charge in [-0.2, -0.15) is 0 Å². The number of rotatable bonds is 4. The largest absolute Gasteiger partial charge is 0.309 e. The Morgan fingerprint density at radius 3 is 1.53 bits per heavy atom. The van der Waals surface area contributed by atoms with E-state index >= 15 is 0 Å². The molecule has 0 saturated carbocycles. The Morgan fingerprint density at radius 1 is 0.647 bits per heavy atom. The van der Waals surface area contributed by atoms with Crippen LogP contribution in [-0.4, -0.2) is 4.98 Å². The van der Waals surface area contributed by atoms with Crippen LogP contribution in [0.3, 0.4) is 0 Å². The second-order valence-corrected chi connectivity index (χ2v) is 9.97. The van der Waals surface area contributed by atoms with E-state index in [0.717, 1.165) is 32.7 Å². The average molecular weight is 474 g/mol. The molecule has 180 valence electrons. The van der Waals surface area contributed by atoms with Gasteiger partial charge in [-0.25, -0.2) is 0 Å². The highest BCUT2D eigenvalue weighted by atomic mass is 31.2. The second-order valence-electron chi connectivity index (χ2n) is 7.20. The molecule has 4 rings (SSSR count). The normalized spacial score (nSPS) is 9.85. The van der Waals surface area contributed by atoms with Crippen molar-refractivity contribution in [2.45, 2.75) is 54.9 Å². The highest BCUT2D eigenvalue weighted by Gasteiger charge is 2.29. The molecule has 0 bridgehead atoms. The van der Waals surface area contributed by atoms with E-state index in [9.17, 15) is 4.57 Å². The Hall–Kier alpha value is -2.96. The summed E-state index contributed by atoms with van der Waals surface area (Å²) >= 11 is 0. The molecule has 3 heteroatoms. The predicted octanol–water partition coefficient (Wildman–Crippen LogP) is 8.17. The monoisotopic (exact) mass is 473 g/mol. The standard InChI is InChI=1S/C24H20NOP.C3H8.2C2H6/c1-19-18-22(15-16-23(19)24-14-8-9-17-25-24)27(26,20-10-4-2-5-11-20)21-12-6-3-7-13-21;1-3-2;2*1-2/h2-18H,1H3;3H2,1-2H3;2*1-2H3. The van der Waals surface area contributed by atoms with Gasteiger partial charge in [-0.05, 0) is 30.7 Å². The van der Waals surface area contributed by atoms with Crippen molar-refractivity contribution >= 4 is 23.1 Å². The summed E-state index contributed by atoms with van der Waals surface area (Å²) in [6.07, 6.45) is 3.04. The molecule has 34 heavy (non-hydrogen) atoms. The van der Waals surface area contributed by atoms with Crippen LogP contribution in [0.4, 0.5) is 0 Å². The first-order valence-corrected chi connectivity index (χ1v) is 14.1. The van der Waals surface area contributed by atoms with Crippen LogP contribution in [0.5, 0.6) is 0 Å². The Balaban J connectivity index is 0.000000750. The highest BCUT2D eigenvalue weighted by molar-refractivity contribution is 7.85. The van der Waals surface area contributed by atoms with Crippen LogP contribution >= 0.6 is 7.14 Å². The van der Waals surface area contributed by atoms with Gasteiger partial charge in [0.25, 0.3) is 0 Å². The summed E-state index contributed by atoms with van der Waals surface area (Å²) in [5.74, 6) is 0. The van der Waals surface area contributed by atoms with Gasteiger partial charge in [0, 0.05) is 27.7 Å². The van der Waals surface area contributed by atoms with Crippen LogP contribution in [0.15, 0.2) is 103 Å². The van der Waals surface area contributed by atoms with Crippen LogP contribution in [0, 0.1) is 6.92 Å². The van der Waals surface area contributed by atoms with Gasteiger partial charge in [0.2, 0.25) is 0 Å². The van der Waals surface area contributed by atoms with E-state index < -0.39 is 7.14 Å². The van der Waals surface area contributed by atoms with Crippen LogP contribution in [-0.2, 0) is 4.57 Å². The van der Waals surface area contributed by atoms with Crippen LogP contribution in [0.2, 0.25) is 0 Å². The fourth-order valence-corrected chi connectivity index (χ4v) is 6.11. The van der Waals surface area contributed by atoms with Gasteiger partial charge in [0.15, 0.2) is 7.14 Å². The lowest BCUT2D eigenvalue weighted by molar-refractivity contribution is 0.592. The van der Waals surface area contributed by atoms with Crippen LogP contribution in [0.25, 0.3) is 11.3 Å². The summed E-state index contributed by atoms with van der Waals surface area (Å²) in [6, 6.07) is 31.4. The fraction of sp³-hybridized carbons (Fsp3) is 0.258. The molecule has 2 nitrogen and oxygen atoms in total. The second kappa shape index (κ2) is 15.8. The first-order valence-electron chi connectivity index (χ1n) is 12.3. The molecular weight excluding hydrogens is 433 g/mol. The van der Waals surface area contributed by atoms with Crippen LogP contribution < -0.4 is 15.9 Å². The number of hydrogen-bond acceptors (Lipinski definition) is 2. The Bertz CT molecular complexity index is 1070. The molecule has 0 fully saturated rings. The van der Waals surface area contributed by atoms with E-state index in [0.29, 0.717) is 0 Å². The summed E-state index contributed by atoms with van der Waals surface area (Å²) < 4.78 is 14.4. The van der Waals surface area contributed by atoms with Gasteiger partial charge in [-0.15, -0.1) is 0 Å². The lowest BCUT2D eigenvalue weighted by Gasteiger charge is -2.21. The van der Waals surface area contributed by atoms with Crippen molar-refractivity contribution in [2.75, 3.05) is 0 Å². The predicted molar refractivity (Wildman–Crippen MR) is 152 cm³/mol. The lowest BCUT2D eigenvalue weighted by atomic mass is 10.1. The molecule has 0 radical (unpaired) electrons. The van der Waals surface area contributed by atoms with Gasteiger partial charge in [0.05, 0.1) is 5.69 Å². The maximum Gasteiger partial charge on any atom is 0.171 e. The number of pyridine rings is 1. The first-order chi connectivity index (χ1) is 16.6. The molecule has 0 N–H and O–H groups in total. The third kappa shape index (κ3) is 7.27. The molecule has 0 aliphatic carbocycles. The molecule has 0 saturated heterocycles. The molecular formula is C31H40NOP. The summed E-state index contributed by atoms with van der Waals surface area (Å²) in [4.78, 5) is 4.45. The quantitative estimate of drug-likeness (QED) is 0.280. The SMILES string of the molecule is CC.CC.CCC.Cc1cc(P(=O)(c2ccccc2)c2ccccc2)ccc1-c1ccccn1. The van der Waals surface area contributed by atoms with Gasteiger partial charge >= 0.3 is 0 Å². The van der Waals surface area contributed by atoms with Crippen molar-refractivity contribution < 1.29 is 4.57 Å². The fourth-order valence-electron chi connectivity index (χ4n) is 3.38. The topological polar surface area (TPSA) is 30.0 Å². The molecule has 4 aromatic rings. The molecule has 0 aliphatic rings. The number of hydrogen-bond donors (Lipinski definition) is 0. The Morgan fingerprint density at radius 2 is 1.12 bits per heavy atom. The minimum atomic E-state index is -2.94. The van der Waals surface area contributed by atoms with E-state index in [1.165, 1.54) is 6.42 Å². The summed E-state index contributed by atoms with van der Waals surface area (Å²) in [6.45, 7) is 14.3. The Labute approximate surface area is 207 Å². The molecule has 0 unspecified atom stereocenters. The van der Waals surface area contributed by atoms with E-state index in [2.05, 4.69) is 18.8 Å². The summed E-state index contributed by atoms with van der Waals surface area (Å²) in [5.41, 5.74) is 3.06. The zero-order valence-electron chi connectivity index (χ0n) is 21.8. The number of aromatic nitrogens is 1. The van der Waals surface area contributed by atoms with Crippen molar-refractivity contribution in [2.24, 2.45) is 0 Å². The molecule has 1 heterocycles. The maximum absolute atomic E-state index is 14.4. The molecule has 0 spiro atoms. The molecule has 1 aromatic heterocycles. The molecule has 0 amide bonds. The molecule has 3 aromatic carbocycles. The summed E-state index contributed by atoms with van der Waals surface area (Å²) in [7, 11) is -2.94. The van der Waals surface area contributed by atoms with E-state index in [-0.39, 0.29) is 0 Å². The third-order valence-corrected chi connectivity index (χ3v) is 7.81. The van der Waals surface area contributed by atoms with Crippen LogP contribution in [0.1, 0.15) is 53.5 Å². The van der Waals surface area contributed by atoms with Gasteiger partial charge in [-0.3, -0.25) is 4.98 Å². The van der Waals surface area contributed by atoms with Crippen molar-refractivity contribution in [3.8, 4) is 11.3 Å². The van der Waals surface area contributed by atoms with Crippen molar-refractivity contribution in [1.82, 2.24) is 4.98 Å². The minimum absolute atomic E-state index is 0.845. The third-order valence-electron chi connectivity index (χ3n) is 4.75. The minimum Gasteiger partial charge on any atom is -0.309 e. The highest BCUT2D eigenvalue weighted by Crippen LogP contribution is 2.42. The average Bonchev–Trinajstić information content (AvgIpc) is 2.92. The van der Waals surface area contributed by atoms with Gasteiger partial charge in [-0.1, -0.05) is 127 Å². The zero-order chi connectivity index (χ0) is 25.4. The van der Waals surface area contributed by atoms with Gasteiger partial charge < -0.3 is 4.57 Å². The zero-order valence-corrected chi connectivity index (χ0v) is 22.7. The lowest BCUT2D eigenvalue weighted by Crippen LogP contribution is -2.25. The van der Waals surface area contributed by atoms with E-state index in [1.807, 2.05) is 132 Å². The van der Waals surface area contributed by atoms with Gasteiger partial charge in [0.1, 0.15) is 0 Å². The smallest absolute Gasteiger partial charge is 0.171 e. The number of nitrogens with zero attached hydrogens (tertiary/aromatic N) is 1. The Kier molecular flexibility index (Phi) is 13.5. The number of aryl methyl sites for hydroxylation is 1. The van der Waals surface area contributed by atoms with Crippen molar-refractivity contribution in [3.05, 3.63) is 109 Å². The number of benzene rings is 3. The maximum atomic E-state index is 14.4. The van der Waals surface area contributed by atoms with Crippen molar-refractivity contribution in [1.29, 1.82) is 0 Å². The molecule has 0 aliphatic heterocycles. The van der Waals surface area contributed by atoms with E-state index in [4.69, 9.17) is 0 Å². The van der Waals surface area contributed by atoms with Crippen molar-refractivity contribution in [3.63, 3.8) is 0 Å². The van der Waals surface area contributed by atoms with E-state index in [1.54, 1.807) is 6.20 Å². The first kappa shape index (κ1) is 29.1.